The number of carbonyl (C=O) groups excluding carboxylic acids is 1. The molecule has 0 aliphatic heterocycles. The minimum absolute atomic E-state index is 0.100. The van der Waals surface area contributed by atoms with Crippen molar-refractivity contribution in [2.75, 3.05) is 5.32 Å². The first-order valence-electron chi connectivity index (χ1n) is 7.90. The standard InChI is InChI=1S/C18H24FN3O2/c1-18(2,3)11-14-9-16(22(4)21-14)20-17(24)10-15(23)12-6-5-7-13(19)8-12/h5-9,15,23H,10-11H2,1-4H3,(H,20,24). The molecule has 1 aromatic heterocycles. The number of hydrogen-bond donors (Lipinski definition) is 2. The Bertz CT molecular complexity index is 719. The predicted molar refractivity (Wildman–Crippen MR) is 91.0 cm³/mol. The van der Waals surface area contributed by atoms with Gasteiger partial charge in [0.05, 0.1) is 18.2 Å². The number of aliphatic hydroxyl groups is 1. The molecule has 1 heterocycles. The first-order valence-corrected chi connectivity index (χ1v) is 7.90. The smallest absolute Gasteiger partial charge is 0.228 e. The molecule has 0 radical (unpaired) electrons. The molecule has 0 saturated heterocycles. The summed E-state index contributed by atoms with van der Waals surface area (Å²) in [6, 6.07) is 7.45. The number of aliphatic hydroxyl groups excluding tert-OH is 1. The Hall–Kier alpha value is -2.21. The molecule has 0 aliphatic carbocycles. The van der Waals surface area contributed by atoms with E-state index in [9.17, 15) is 14.3 Å². The molecule has 0 fully saturated rings. The van der Waals surface area contributed by atoms with Gasteiger partial charge in [-0.25, -0.2) is 4.39 Å². The Labute approximate surface area is 141 Å². The third-order valence-electron chi connectivity index (χ3n) is 3.52. The number of hydrogen-bond acceptors (Lipinski definition) is 3. The number of halogens is 1. The topological polar surface area (TPSA) is 67.2 Å². The van der Waals surface area contributed by atoms with Crippen molar-refractivity contribution in [3.63, 3.8) is 0 Å². The largest absolute Gasteiger partial charge is 0.388 e. The number of carbonyl (C=O) groups is 1. The lowest BCUT2D eigenvalue weighted by molar-refractivity contribution is -0.118. The van der Waals surface area contributed by atoms with Crippen LogP contribution in [0.2, 0.25) is 0 Å². The van der Waals surface area contributed by atoms with Crippen molar-refractivity contribution in [3.8, 4) is 0 Å². The van der Waals surface area contributed by atoms with Crippen LogP contribution >= 0.6 is 0 Å². The van der Waals surface area contributed by atoms with Gasteiger partial charge in [0.15, 0.2) is 0 Å². The molecule has 2 rings (SSSR count). The first-order chi connectivity index (χ1) is 11.1. The van der Waals surface area contributed by atoms with E-state index in [1.165, 1.54) is 18.2 Å². The second kappa shape index (κ2) is 7.13. The van der Waals surface area contributed by atoms with Crippen LogP contribution in [0.15, 0.2) is 30.3 Å². The minimum atomic E-state index is -1.05. The van der Waals surface area contributed by atoms with Gasteiger partial charge in [0, 0.05) is 13.1 Å². The van der Waals surface area contributed by atoms with Crippen LogP contribution in [-0.4, -0.2) is 20.8 Å². The molecule has 2 aromatic rings. The monoisotopic (exact) mass is 333 g/mol. The maximum atomic E-state index is 13.2. The molecule has 6 heteroatoms. The van der Waals surface area contributed by atoms with Crippen LogP contribution in [0.1, 0.15) is 44.6 Å². The van der Waals surface area contributed by atoms with Crippen LogP contribution < -0.4 is 5.32 Å². The van der Waals surface area contributed by atoms with Gasteiger partial charge in [0.25, 0.3) is 0 Å². The SMILES string of the molecule is Cn1nc(CC(C)(C)C)cc1NC(=O)CC(O)c1cccc(F)c1. The molecule has 24 heavy (non-hydrogen) atoms. The highest BCUT2D eigenvalue weighted by Gasteiger charge is 2.18. The van der Waals surface area contributed by atoms with Crippen molar-refractivity contribution in [2.24, 2.45) is 12.5 Å². The maximum Gasteiger partial charge on any atom is 0.228 e. The van der Waals surface area contributed by atoms with Gasteiger partial charge >= 0.3 is 0 Å². The summed E-state index contributed by atoms with van der Waals surface area (Å²) in [7, 11) is 1.75. The van der Waals surface area contributed by atoms with E-state index in [2.05, 4.69) is 31.2 Å². The van der Waals surface area contributed by atoms with Gasteiger partial charge in [-0.3, -0.25) is 9.48 Å². The number of anilines is 1. The number of aryl methyl sites for hydroxylation is 1. The van der Waals surface area contributed by atoms with Gasteiger partial charge in [0.1, 0.15) is 11.6 Å². The van der Waals surface area contributed by atoms with Gasteiger partial charge in [-0.2, -0.15) is 5.10 Å². The van der Waals surface area contributed by atoms with Gasteiger partial charge in [-0.05, 0) is 29.5 Å². The highest BCUT2D eigenvalue weighted by Crippen LogP contribution is 2.22. The quantitative estimate of drug-likeness (QED) is 0.883. The molecule has 5 nitrogen and oxygen atoms in total. The Kier molecular flexibility index (Phi) is 5.39. The lowest BCUT2D eigenvalue weighted by Gasteiger charge is -2.15. The number of rotatable bonds is 5. The predicted octanol–water partition coefficient (Wildman–Crippen LogP) is 3.21. The Morgan fingerprint density at radius 2 is 2.08 bits per heavy atom. The molecular formula is C18H24FN3O2. The van der Waals surface area contributed by atoms with Gasteiger partial charge in [-0.15, -0.1) is 0 Å². The highest BCUT2D eigenvalue weighted by molar-refractivity contribution is 5.90. The molecule has 1 unspecified atom stereocenters. The zero-order valence-electron chi connectivity index (χ0n) is 14.5. The lowest BCUT2D eigenvalue weighted by Crippen LogP contribution is -2.17. The van der Waals surface area contributed by atoms with E-state index >= 15 is 0 Å². The van der Waals surface area contributed by atoms with E-state index in [0.717, 1.165) is 12.1 Å². The number of aromatic nitrogens is 2. The van der Waals surface area contributed by atoms with Crippen molar-refractivity contribution in [3.05, 3.63) is 47.4 Å². The summed E-state index contributed by atoms with van der Waals surface area (Å²) in [5.41, 5.74) is 1.37. The van der Waals surface area contributed by atoms with Crippen molar-refractivity contribution in [1.82, 2.24) is 9.78 Å². The fraction of sp³-hybridized carbons (Fsp3) is 0.444. The molecule has 2 N–H and O–H groups in total. The zero-order valence-corrected chi connectivity index (χ0v) is 14.5. The van der Waals surface area contributed by atoms with Gasteiger partial charge < -0.3 is 10.4 Å². The summed E-state index contributed by atoms with van der Waals surface area (Å²) in [5.74, 6) is -0.215. The Morgan fingerprint density at radius 1 is 1.38 bits per heavy atom. The van der Waals surface area contributed by atoms with Crippen LogP contribution in [0.5, 0.6) is 0 Å². The van der Waals surface area contributed by atoms with E-state index in [0.29, 0.717) is 11.4 Å². The average Bonchev–Trinajstić information content (AvgIpc) is 2.76. The van der Waals surface area contributed by atoms with E-state index in [1.807, 2.05) is 6.07 Å². The van der Waals surface area contributed by atoms with Crippen molar-refractivity contribution in [1.29, 1.82) is 0 Å². The molecule has 0 aliphatic rings. The van der Waals surface area contributed by atoms with Gasteiger partial charge in [-0.1, -0.05) is 32.9 Å². The van der Waals surface area contributed by atoms with Crippen molar-refractivity contribution >= 4 is 11.7 Å². The van der Waals surface area contributed by atoms with E-state index in [1.54, 1.807) is 17.8 Å². The lowest BCUT2D eigenvalue weighted by atomic mass is 9.91. The number of nitrogens with one attached hydrogen (secondary N) is 1. The van der Waals surface area contributed by atoms with Gasteiger partial charge in [0.2, 0.25) is 5.91 Å². The van der Waals surface area contributed by atoms with E-state index in [-0.39, 0.29) is 17.7 Å². The zero-order chi connectivity index (χ0) is 17.9. The van der Waals surface area contributed by atoms with Crippen LogP contribution in [-0.2, 0) is 18.3 Å². The summed E-state index contributed by atoms with van der Waals surface area (Å²) in [6.07, 6.45) is -0.408. The van der Waals surface area contributed by atoms with Crippen LogP contribution in [0.3, 0.4) is 0 Å². The molecule has 1 atom stereocenters. The molecule has 0 bridgehead atoms. The fourth-order valence-electron chi connectivity index (χ4n) is 2.47. The number of nitrogens with zero attached hydrogens (tertiary/aromatic N) is 2. The Balaban J connectivity index is 1.99. The summed E-state index contributed by atoms with van der Waals surface area (Å²) >= 11 is 0. The molecule has 1 amide bonds. The third-order valence-corrected chi connectivity index (χ3v) is 3.52. The molecule has 1 aromatic carbocycles. The summed E-state index contributed by atoms with van der Waals surface area (Å²) in [6.45, 7) is 6.36. The second-order valence-corrected chi connectivity index (χ2v) is 7.21. The average molecular weight is 333 g/mol. The Morgan fingerprint density at radius 3 is 2.71 bits per heavy atom. The molecule has 0 saturated carbocycles. The summed E-state index contributed by atoms with van der Waals surface area (Å²) < 4.78 is 14.8. The minimum Gasteiger partial charge on any atom is -0.388 e. The summed E-state index contributed by atoms with van der Waals surface area (Å²) in [4.78, 5) is 12.1. The van der Waals surface area contributed by atoms with Crippen LogP contribution in [0.25, 0.3) is 0 Å². The molecule has 0 spiro atoms. The number of amides is 1. The second-order valence-electron chi connectivity index (χ2n) is 7.21. The van der Waals surface area contributed by atoms with Crippen molar-refractivity contribution in [2.45, 2.75) is 39.7 Å². The van der Waals surface area contributed by atoms with Crippen LogP contribution in [0.4, 0.5) is 10.2 Å². The molecule has 130 valence electrons. The summed E-state index contributed by atoms with van der Waals surface area (Å²) in [5, 5.41) is 17.2. The third kappa shape index (κ3) is 5.16. The van der Waals surface area contributed by atoms with E-state index < -0.39 is 11.9 Å². The maximum absolute atomic E-state index is 13.2. The number of benzene rings is 1. The van der Waals surface area contributed by atoms with E-state index in [4.69, 9.17) is 0 Å². The highest BCUT2D eigenvalue weighted by atomic mass is 19.1. The van der Waals surface area contributed by atoms with Crippen LogP contribution in [0, 0.1) is 11.2 Å². The fourth-order valence-corrected chi connectivity index (χ4v) is 2.47. The van der Waals surface area contributed by atoms with Crippen molar-refractivity contribution < 1.29 is 14.3 Å². The molecular weight excluding hydrogens is 309 g/mol. The first kappa shape index (κ1) is 18.1. The normalized spacial score (nSPS) is 12.9.